The predicted molar refractivity (Wildman–Crippen MR) is 75.1 cm³/mol. The van der Waals surface area contributed by atoms with Crippen LogP contribution < -0.4 is 5.32 Å². The maximum Gasteiger partial charge on any atom is 0.244 e. The average molecular weight is 272 g/mol. The molecule has 0 aromatic heterocycles. The van der Waals surface area contributed by atoms with Gasteiger partial charge in [-0.1, -0.05) is 24.3 Å². The van der Waals surface area contributed by atoms with Gasteiger partial charge in [-0.3, -0.25) is 4.79 Å². The van der Waals surface area contributed by atoms with E-state index in [0.29, 0.717) is 19.0 Å². The minimum atomic E-state index is -0.593. The van der Waals surface area contributed by atoms with Gasteiger partial charge in [0.25, 0.3) is 0 Å². The minimum Gasteiger partial charge on any atom is -0.386 e. The van der Waals surface area contributed by atoms with E-state index in [1.54, 1.807) is 4.90 Å². The van der Waals surface area contributed by atoms with Gasteiger partial charge in [0.1, 0.15) is 11.6 Å². The zero-order valence-corrected chi connectivity index (χ0v) is 11.5. The molecule has 1 unspecified atom stereocenters. The van der Waals surface area contributed by atoms with Crippen LogP contribution in [0.3, 0.4) is 0 Å². The molecule has 0 spiro atoms. The number of rotatable bonds is 2. The molecule has 2 N–H and O–H groups in total. The number of nitrogens with one attached hydrogen (secondary N) is 1. The fraction of sp³-hybridized carbons (Fsp3) is 0.562. The third-order valence-electron chi connectivity index (χ3n) is 4.93. The first kappa shape index (κ1) is 12.4. The molecule has 20 heavy (non-hydrogen) atoms. The van der Waals surface area contributed by atoms with Crippen molar-refractivity contribution in [3.05, 3.63) is 35.4 Å². The highest BCUT2D eigenvalue weighted by Gasteiger charge is 2.54. The van der Waals surface area contributed by atoms with Crippen molar-refractivity contribution in [1.82, 2.24) is 10.2 Å². The van der Waals surface area contributed by atoms with E-state index in [0.717, 1.165) is 31.4 Å². The van der Waals surface area contributed by atoms with Gasteiger partial charge in [0.15, 0.2) is 0 Å². The van der Waals surface area contributed by atoms with Crippen molar-refractivity contribution in [2.75, 3.05) is 19.6 Å². The Kier molecular flexibility index (Phi) is 2.66. The monoisotopic (exact) mass is 272 g/mol. The molecule has 4 nitrogen and oxygen atoms in total. The highest BCUT2D eigenvalue weighted by atomic mass is 16.3. The zero-order valence-electron chi connectivity index (χ0n) is 11.5. The van der Waals surface area contributed by atoms with Crippen LogP contribution in [0.1, 0.15) is 30.0 Å². The quantitative estimate of drug-likeness (QED) is 0.839. The lowest BCUT2D eigenvalue weighted by molar-refractivity contribution is -0.161. The summed E-state index contributed by atoms with van der Waals surface area (Å²) in [7, 11) is 0. The van der Waals surface area contributed by atoms with E-state index in [1.807, 2.05) is 18.2 Å². The van der Waals surface area contributed by atoms with E-state index in [4.69, 9.17) is 0 Å². The van der Waals surface area contributed by atoms with Crippen LogP contribution in [0.2, 0.25) is 0 Å². The molecule has 1 aliphatic carbocycles. The van der Waals surface area contributed by atoms with E-state index in [-0.39, 0.29) is 11.9 Å². The van der Waals surface area contributed by atoms with E-state index in [9.17, 15) is 9.90 Å². The first-order chi connectivity index (χ1) is 9.67. The third kappa shape index (κ3) is 1.86. The van der Waals surface area contributed by atoms with Crippen LogP contribution in [0, 0.1) is 5.92 Å². The van der Waals surface area contributed by atoms with E-state index in [1.165, 1.54) is 5.56 Å². The smallest absolute Gasteiger partial charge is 0.244 e. The highest BCUT2D eigenvalue weighted by Crippen LogP contribution is 2.45. The molecule has 4 rings (SSSR count). The second-order valence-electron chi connectivity index (χ2n) is 6.41. The van der Waals surface area contributed by atoms with Gasteiger partial charge in [-0.2, -0.15) is 0 Å². The van der Waals surface area contributed by atoms with Crippen molar-refractivity contribution in [3.8, 4) is 0 Å². The lowest BCUT2D eigenvalue weighted by Gasteiger charge is -2.48. The topological polar surface area (TPSA) is 52.6 Å². The first-order valence-electron chi connectivity index (χ1n) is 7.50. The number of likely N-dealkylation sites (tertiary alicyclic amines) is 1. The predicted octanol–water partition coefficient (Wildman–Crippen LogP) is 0.857. The Morgan fingerprint density at radius 2 is 2.05 bits per heavy atom. The molecule has 4 heteroatoms. The van der Waals surface area contributed by atoms with Crippen molar-refractivity contribution < 1.29 is 9.90 Å². The number of fused-ring (bicyclic) bond motifs is 1. The van der Waals surface area contributed by atoms with Crippen LogP contribution in [-0.2, 0) is 11.2 Å². The third-order valence-corrected chi connectivity index (χ3v) is 4.93. The van der Waals surface area contributed by atoms with E-state index < -0.39 is 5.60 Å². The van der Waals surface area contributed by atoms with Gasteiger partial charge in [-0.25, -0.2) is 0 Å². The molecule has 1 saturated heterocycles. The Hall–Kier alpha value is -1.39. The number of β-amino-alcohol motifs (C(OH)–C–C–N with tert-alkyl or cyclic N) is 1. The van der Waals surface area contributed by atoms with E-state index in [2.05, 4.69) is 11.4 Å². The number of hydrogen-bond acceptors (Lipinski definition) is 3. The summed E-state index contributed by atoms with van der Waals surface area (Å²) in [5, 5.41) is 13.7. The first-order valence-corrected chi connectivity index (χ1v) is 7.50. The van der Waals surface area contributed by atoms with Crippen LogP contribution in [0.15, 0.2) is 24.3 Å². The van der Waals surface area contributed by atoms with Crippen molar-refractivity contribution in [2.24, 2.45) is 5.92 Å². The molecular formula is C16H20N2O2. The Labute approximate surface area is 118 Å². The van der Waals surface area contributed by atoms with Gasteiger partial charge in [0, 0.05) is 6.54 Å². The summed E-state index contributed by atoms with van der Waals surface area (Å²) in [6.45, 7) is 1.86. The molecule has 106 valence electrons. The maximum absolute atomic E-state index is 12.6. The largest absolute Gasteiger partial charge is 0.386 e. The van der Waals surface area contributed by atoms with Crippen LogP contribution >= 0.6 is 0 Å². The molecule has 2 aliphatic heterocycles. The zero-order chi connectivity index (χ0) is 13.7. The molecule has 1 aromatic carbocycles. The summed E-state index contributed by atoms with van der Waals surface area (Å²) in [4.78, 5) is 14.4. The van der Waals surface area contributed by atoms with Gasteiger partial charge in [0.05, 0.1) is 13.1 Å². The van der Waals surface area contributed by atoms with Gasteiger partial charge >= 0.3 is 0 Å². The van der Waals surface area contributed by atoms with Gasteiger partial charge in [-0.05, 0) is 36.3 Å². The molecule has 0 bridgehead atoms. The lowest BCUT2D eigenvalue weighted by Crippen LogP contribution is -2.66. The van der Waals surface area contributed by atoms with Crippen LogP contribution in [0.25, 0.3) is 0 Å². The fourth-order valence-electron chi connectivity index (χ4n) is 3.56. The lowest BCUT2D eigenvalue weighted by atomic mass is 9.86. The molecule has 3 aliphatic rings. The molecular weight excluding hydrogens is 252 g/mol. The van der Waals surface area contributed by atoms with Crippen molar-refractivity contribution >= 4 is 5.91 Å². The van der Waals surface area contributed by atoms with Crippen molar-refractivity contribution in [2.45, 2.75) is 30.9 Å². The maximum atomic E-state index is 12.6. The Balaban J connectivity index is 1.50. The summed E-state index contributed by atoms with van der Waals surface area (Å²) >= 11 is 0. The number of benzene rings is 1. The van der Waals surface area contributed by atoms with Crippen molar-refractivity contribution in [1.29, 1.82) is 0 Å². The normalized spacial score (nSPS) is 27.6. The molecule has 2 heterocycles. The number of carbonyl (C=O) groups excluding carboxylic acids is 1. The van der Waals surface area contributed by atoms with Crippen LogP contribution in [0.4, 0.5) is 0 Å². The summed E-state index contributed by atoms with van der Waals surface area (Å²) in [5.74, 6) is 0.542. The fourth-order valence-corrected chi connectivity index (χ4v) is 3.56. The highest BCUT2D eigenvalue weighted by molar-refractivity contribution is 5.85. The molecule has 1 saturated carbocycles. The Morgan fingerprint density at radius 1 is 1.30 bits per heavy atom. The van der Waals surface area contributed by atoms with Crippen LogP contribution in [-0.4, -0.2) is 41.1 Å². The summed E-state index contributed by atoms with van der Waals surface area (Å²) in [6, 6.07) is 7.93. The molecule has 1 aromatic rings. The number of amides is 1. The van der Waals surface area contributed by atoms with E-state index >= 15 is 0 Å². The summed E-state index contributed by atoms with van der Waals surface area (Å²) in [5.41, 5.74) is 1.78. The standard InChI is InChI=1S/C16H20N2O2/c19-15(18-9-16(20,10-18)12-5-6-12)14-13-4-2-1-3-11(13)7-8-17-14/h1-4,12,14,17,20H,5-10H2. The summed E-state index contributed by atoms with van der Waals surface area (Å²) < 4.78 is 0. The second kappa shape index (κ2) is 4.30. The molecule has 0 radical (unpaired) electrons. The number of carbonyl (C=O) groups is 1. The molecule has 2 fully saturated rings. The van der Waals surface area contributed by atoms with Crippen molar-refractivity contribution in [3.63, 3.8) is 0 Å². The second-order valence-corrected chi connectivity index (χ2v) is 6.41. The number of aliphatic hydroxyl groups is 1. The van der Waals surface area contributed by atoms with Gasteiger partial charge in [-0.15, -0.1) is 0 Å². The molecule has 1 atom stereocenters. The van der Waals surface area contributed by atoms with Gasteiger partial charge in [0.2, 0.25) is 5.91 Å². The Bertz CT molecular complexity index is 547. The Morgan fingerprint density at radius 3 is 2.80 bits per heavy atom. The molecule has 1 amide bonds. The summed E-state index contributed by atoms with van der Waals surface area (Å²) in [6.07, 6.45) is 3.21. The van der Waals surface area contributed by atoms with Gasteiger partial charge < -0.3 is 15.3 Å². The number of hydrogen-bond donors (Lipinski definition) is 2. The SMILES string of the molecule is O=C(C1NCCc2ccccc21)N1CC(O)(C2CC2)C1. The van der Waals surface area contributed by atoms with Crippen LogP contribution in [0.5, 0.6) is 0 Å². The number of nitrogens with zero attached hydrogens (tertiary/aromatic N) is 1. The minimum absolute atomic E-state index is 0.113. The average Bonchev–Trinajstić information content (AvgIpc) is 3.27.